The van der Waals surface area contributed by atoms with Gasteiger partial charge in [-0.25, -0.2) is 9.97 Å². The second kappa shape index (κ2) is 6.51. The second-order valence-electron chi connectivity index (χ2n) is 6.67. The number of nitrogens with zero attached hydrogens (tertiary/aromatic N) is 3. The molecule has 0 unspecified atom stereocenters. The summed E-state index contributed by atoms with van der Waals surface area (Å²) in [6, 6.07) is 11.9. The molecule has 3 aromatic heterocycles. The van der Waals surface area contributed by atoms with E-state index in [1.807, 2.05) is 37.3 Å². The fourth-order valence-corrected chi connectivity index (χ4v) is 3.42. The van der Waals surface area contributed by atoms with Crippen LogP contribution in [-0.4, -0.2) is 39.0 Å². The zero-order chi connectivity index (χ0) is 18.2. The molecule has 2 N–H and O–H groups in total. The van der Waals surface area contributed by atoms with Crippen molar-refractivity contribution in [3.63, 3.8) is 0 Å². The number of benzene rings is 1. The number of hydrogen-bond acceptors (Lipinski definition) is 6. The number of rotatable bonds is 4. The summed E-state index contributed by atoms with van der Waals surface area (Å²) in [5, 5.41) is 13.6. The van der Waals surface area contributed by atoms with Crippen molar-refractivity contribution in [2.24, 2.45) is 0 Å². The highest BCUT2D eigenvalue weighted by atomic mass is 16.6. The van der Waals surface area contributed by atoms with Crippen LogP contribution in [0.3, 0.4) is 0 Å². The van der Waals surface area contributed by atoms with Crippen LogP contribution in [-0.2, 0) is 4.74 Å². The Labute approximate surface area is 155 Å². The molecule has 5 rings (SSSR count). The number of aromatic nitrogens is 4. The molecule has 1 aromatic carbocycles. The van der Waals surface area contributed by atoms with Gasteiger partial charge in [0.1, 0.15) is 6.10 Å². The van der Waals surface area contributed by atoms with Gasteiger partial charge in [-0.3, -0.25) is 5.10 Å². The van der Waals surface area contributed by atoms with E-state index in [0.717, 1.165) is 46.3 Å². The molecule has 0 bridgehead atoms. The maximum absolute atomic E-state index is 6.12. The fraction of sp³-hybridized carbons (Fsp3) is 0.250. The van der Waals surface area contributed by atoms with E-state index in [9.17, 15) is 0 Å². The Kier molecular flexibility index (Phi) is 3.86. The minimum Gasteiger partial charge on any atom is -0.471 e. The lowest BCUT2D eigenvalue weighted by Gasteiger charge is -2.17. The smallest absolute Gasteiger partial charge is 0.221 e. The van der Waals surface area contributed by atoms with Gasteiger partial charge in [-0.05, 0) is 48.7 Å². The second-order valence-corrected chi connectivity index (χ2v) is 6.67. The van der Waals surface area contributed by atoms with Crippen LogP contribution in [0.1, 0.15) is 13.3 Å². The number of H-pyrrole nitrogens is 1. The van der Waals surface area contributed by atoms with Crippen molar-refractivity contribution in [3.8, 4) is 5.88 Å². The Morgan fingerprint density at radius 2 is 2.11 bits per heavy atom. The van der Waals surface area contributed by atoms with E-state index in [1.165, 1.54) is 0 Å². The normalized spacial score (nSPS) is 19.6. The first-order valence-electron chi connectivity index (χ1n) is 9.01. The zero-order valence-electron chi connectivity index (χ0n) is 14.8. The van der Waals surface area contributed by atoms with Gasteiger partial charge < -0.3 is 14.8 Å². The van der Waals surface area contributed by atoms with Gasteiger partial charge in [-0.2, -0.15) is 5.10 Å². The number of anilines is 2. The maximum Gasteiger partial charge on any atom is 0.221 e. The molecule has 0 radical (unpaired) electrons. The predicted molar refractivity (Wildman–Crippen MR) is 103 cm³/mol. The molecule has 136 valence electrons. The largest absolute Gasteiger partial charge is 0.471 e. The van der Waals surface area contributed by atoms with Crippen LogP contribution in [0.5, 0.6) is 5.88 Å². The molecule has 7 heteroatoms. The van der Waals surface area contributed by atoms with Gasteiger partial charge >= 0.3 is 0 Å². The zero-order valence-corrected chi connectivity index (χ0v) is 14.8. The van der Waals surface area contributed by atoms with Gasteiger partial charge in [0.25, 0.3) is 0 Å². The Bertz CT molecular complexity index is 1110. The van der Waals surface area contributed by atoms with Gasteiger partial charge in [0, 0.05) is 29.9 Å². The third-order valence-corrected chi connectivity index (χ3v) is 4.90. The Balaban J connectivity index is 1.45. The van der Waals surface area contributed by atoms with Crippen LogP contribution in [0, 0.1) is 0 Å². The highest BCUT2D eigenvalue weighted by Gasteiger charge is 2.26. The first-order valence-corrected chi connectivity index (χ1v) is 9.01. The average molecular weight is 361 g/mol. The number of aromatic amines is 1. The van der Waals surface area contributed by atoms with Gasteiger partial charge in [0.15, 0.2) is 11.5 Å². The van der Waals surface area contributed by atoms with Crippen LogP contribution in [0.2, 0.25) is 0 Å². The molecular formula is C20H19N5O2. The molecule has 2 atom stereocenters. The summed E-state index contributed by atoms with van der Waals surface area (Å²) in [6.07, 6.45) is 4.54. The summed E-state index contributed by atoms with van der Waals surface area (Å²) >= 11 is 0. The number of fused-ring (bicyclic) bond motifs is 2. The molecule has 0 spiro atoms. The van der Waals surface area contributed by atoms with E-state index in [1.54, 1.807) is 12.4 Å². The van der Waals surface area contributed by atoms with Crippen LogP contribution in [0.4, 0.5) is 11.5 Å². The Morgan fingerprint density at radius 3 is 3.00 bits per heavy atom. The molecule has 0 aliphatic carbocycles. The summed E-state index contributed by atoms with van der Waals surface area (Å²) in [4.78, 5) is 8.69. The minimum atomic E-state index is 0.0452. The van der Waals surface area contributed by atoms with E-state index in [0.29, 0.717) is 5.88 Å². The van der Waals surface area contributed by atoms with E-state index in [2.05, 4.69) is 31.5 Å². The number of ether oxygens (including phenoxy) is 2. The van der Waals surface area contributed by atoms with Crippen molar-refractivity contribution in [1.29, 1.82) is 0 Å². The fourth-order valence-electron chi connectivity index (χ4n) is 3.42. The SMILES string of the molecule is C[C@H]1OCC[C@H]1Oc1nccc2cc(Nc3n[nH]c4ncccc34)ccc12. The summed E-state index contributed by atoms with van der Waals surface area (Å²) in [7, 11) is 0. The van der Waals surface area contributed by atoms with E-state index in [-0.39, 0.29) is 12.2 Å². The number of nitrogens with one attached hydrogen (secondary N) is 2. The molecule has 0 amide bonds. The van der Waals surface area contributed by atoms with E-state index >= 15 is 0 Å². The molecule has 7 nitrogen and oxygen atoms in total. The highest BCUT2D eigenvalue weighted by Crippen LogP contribution is 2.30. The lowest BCUT2D eigenvalue weighted by molar-refractivity contribution is 0.0660. The summed E-state index contributed by atoms with van der Waals surface area (Å²) in [6.45, 7) is 2.77. The van der Waals surface area contributed by atoms with Crippen molar-refractivity contribution < 1.29 is 9.47 Å². The Hall–Kier alpha value is -3.19. The summed E-state index contributed by atoms with van der Waals surface area (Å²) in [5.41, 5.74) is 1.70. The van der Waals surface area contributed by atoms with Crippen molar-refractivity contribution in [2.75, 3.05) is 11.9 Å². The van der Waals surface area contributed by atoms with Gasteiger partial charge in [0.05, 0.1) is 18.1 Å². The molecule has 4 aromatic rings. The Morgan fingerprint density at radius 1 is 1.15 bits per heavy atom. The first-order chi connectivity index (χ1) is 13.3. The minimum absolute atomic E-state index is 0.0452. The third kappa shape index (κ3) is 2.96. The molecular weight excluding hydrogens is 342 g/mol. The molecule has 1 fully saturated rings. The number of pyridine rings is 2. The first kappa shape index (κ1) is 16.0. The monoisotopic (exact) mass is 361 g/mol. The summed E-state index contributed by atoms with van der Waals surface area (Å²) in [5.74, 6) is 1.40. The lowest BCUT2D eigenvalue weighted by atomic mass is 10.1. The molecule has 1 aliphatic rings. The van der Waals surface area contributed by atoms with Crippen molar-refractivity contribution in [1.82, 2.24) is 20.2 Å². The standard InChI is InChI=1S/C20H19N5O2/c1-12-17(7-10-26-12)27-20-15-5-4-14(11-13(15)6-9-22-20)23-19-16-3-2-8-21-18(16)24-25-19/h2-6,8-9,11-12,17H,7,10H2,1H3,(H2,21,23,24,25)/t12-,17-/m1/s1. The van der Waals surface area contributed by atoms with Crippen LogP contribution in [0.15, 0.2) is 48.8 Å². The lowest BCUT2D eigenvalue weighted by Crippen LogP contribution is -2.24. The van der Waals surface area contributed by atoms with E-state index < -0.39 is 0 Å². The van der Waals surface area contributed by atoms with Crippen molar-refractivity contribution >= 4 is 33.3 Å². The molecule has 1 saturated heterocycles. The van der Waals surface area contributed by atoms with E-state index in [4.69, 9.17) is 9.47 Å². The summed E-state index contributed by atoms with van der Waals surface area (Å²) < 4.78 is 11.7. The van der Waals surface area contributed by atoms with Crippen LogP contribution < -0.4 is 10.1 Å². The van der Waals surface area contributed by atoms with Gasteiger partial charge in [-0.1, -0.05) is 0 Å². The van der Waals surface area contributed by atoms with Crippen molar-refractivity contribution in [3.05, 3.63) is 48.8 Å². The molecule has 4 heterocycles. The predicted octanol–water partition coefficient (Wildman–Crippen LogP) is 3.81. The van der Waals surface area contributed by atoms with Gasteiger partial charge in [0.2, 0.25) is 5.88 Å². The number of hydrogen-bond donors (Lipinski definition) is 2. The van der Waals surface area contributed by atoms with Crippen molar-refractivity contribution in [2.45, 2.75) is 25.6 Å². The topological polar surface area (TPSA) is 85.0 Å². The highest BCUT2D eigenvalue weighted by molar-refractivity contribution is 5.92. The van der Waals surface area contributed by atoms with Gasteiger partial charge in [-0.15, -0.1) is 0 Å². The quantitative estimate of drug-likeness (QED) is 0.575. The van der Waals surface area contributed by atoms with Crippen LogP contribution >= 0.6 is 0 Å². The van der Waals surface area contributed by atoms with Crippen LogP contribution in [0.25, 0.3) is 21.8 Å². The third-order valence-electron chi connectivity index (χ3n) is 4.90. The maximum atomic E-state index is 6.12. The molecule has 0 saturated carbocycles. The average Bonchev–Trinajstić information content (AvgIpc) is 3.28. The molecule has 27 heavy (non-hydrogen) atoms. The molecule has 1 aliphatic heterocycles.